The van der Waals surface area contributed by atoms with Crippen LogP contribution in [0, 0.1) is 0 Å². The van der Waals surface area contributed by atoms with Gasteiger partial charge in [-0.15, -0.1) is 0 Å². The van der Waals surface area contributed by atoms with E-state index in [9.17, 15) is 13.2 Å². The van der Waals surface area contributed by atoms with E-state index in [4.69, 9.17) is 16.7 Å². The van der Waals surface area contributed by atoms with Gasteiger partial charge in [-0.2, -0.15) is 0 Å². The molecule has 1 amide bonds. The van der Waals surface area contributed by atoms with Crippen molar-refractivity contribution in [3.8, 4) is 0 Å². The summed E-state index contributed by atoms with van der Waals surface area (Å²) in [5, 5.41) is 8.09. The van der Waals surface area contributed by atoms with Gasteiger partial charge in [-0.3, -0.25) is 4.79 Å². The maximum atomic E-state index is 12.2. The Hall–Kier alpha value is -1.11. The monoisotopic (exact) mass is 318 g/mol. The minimum absolute atomic E-state index is 0.0432. The molecule has 0 saturated heterocycles. The van der Waals surface area contributed by atoms with Crippen LogP contribution in [0.5, 0.6) is 0 Å². The standard InChI is InChI=1S/C13H19ClN2O3S/c1-3-5-9(4-2)16-13(17)11-8-10(20(15,18)19)6-7-12(11)14/h6-9H,3-5H2,1-2H3,(H,16,17)(H2,15,18,19). The fourth-order valence-corrected chi connectivity index (χ4v) is 2.59. The van der Waals surface area contributed by atoms with Crippen LogP contribution in [0.25, 0.3) is 0 Å². The predicted octanol–water partition coefficient (Wildman–Crippen LogP) is 2.30. The van der Waals surface area contributed by atoms with Gasteiger partial charge in [0.2, 0.25) is 10.0 Å². The fraction of sp³-hybridized carbons (Fsp3) is 0.462. The molecule has 0 heterocycles. The van der Waals surface area contributed by atoms with E-state index in [1.54, 1.807) is 0 Å². The zero-order chi connectivity index (χ0) is 15.3. The summed E-state index contributed by atoms with van der Waals surface area (Å²) in [6, 6.07) is 3.88. The maximum absolute atomic E-state index is 12.2. The minimum Gasteiger partial charge on any atom is -0.349 e. The number of carbonyl (C=O) groups excluding carboxylic acids is 1. The zero-order valence-corrected chi connectivity index (χ0v) is 13.1. The molecule has 0 saturated carbocycles. The van der Waals surface area contributed by atoms with Gasteiger partial charge < -0.3 is 5.32 Å². The highest BCUT2D eigenvalue weighted by atomic mass is 35.5. The SMILES string of the molecule is CCCC(CC)NC(=O)c1cc(S(N)(=O)=O)ccc1Cl. The van der Waals surface area contributed by atoms with Crippen molar-refractivity contribution in [1.29, 1.82) is 0 Å². The molecule has 0 bridgehead atoms. The largest absolute Gasteiger partial charge is 0.349 e. The highest BCUT2D eigenvalue weighted by Crippen LogP contribution is 2.20. The molecule has 0 spiro atoms. The molecule has 0 aliphatic rings. The Bertz CT molecular complexity index is 587. The number of primary sulfonamides is 1. The topological polar surface area (TPSA) is 89.3 Å². The number of carbonyl (C=O) groups is 1. The summed E-state index contributed by atoms with van der Waals surface area (Å²) in [6.45, 7) is 4.01. The van der Waals surface area contributed by atoms with E-state index in [-0.39, 0.29) is 27.4 Å². The molecule has 1 aromatic rings. The number of hydrogen-bond donors (Lipinski definition) is 2. The van der Waals surface area contributed by atoms with E-state index in [2.05, 4.69) is 5.32 Å². The van der Waals surface area contributed by atoms with E-state index in [1.165, 1.54) is 18.2 Å². The number of sulfonamides is 1. The van der Waals surface area contributed by atoms with E-state index >= 15 is 0 Å². The molecule has 1 atom stereocenters. The second-order valence-corrected chi connectivity index (χ2v) is 6.52. The van der Waals surface area contributed by atoms with Crippen molar-refractivity contribution >= 4 is 27.5 Å². The summed E-state index contributed by atoms with van der Waals surface area (Å²) >= 11 is 5.95. The molecular weight excluding hydrogens is 300 g/mol. The molecule has 7 heteroatoms. The van der Waals surface area contributed by atoms with Gasteiger partial charge in [0.25, 0.3) is 5.91 Å². The third kappa shape index (κ3) is 4.47. The van der Waals surface area contributed by atoms with Gasteiger partial charge in [-0.25, -0.2) is 13.6 Å². The number of benzene rings is 1. The summed E-state index contributed by atoms with van der Waals surface area (Å²) in [5.41, 5.74) is 0.118. The van der Waals surface area contributed by atoms with Gasteiger partial charge in [0.05, 0.1) is 15.5 Å². The molecule has 1 unspecified atom stereocenters. The van der Waals surface area contributed by atoms with Crippen LogP contribution in [0.3, 0.4) is 0 Å². The summed E-state index contributed by atoms with van der Waals surface area (Å²) in [7, 11) is -3.86. The van der Waals surface area contributed by atoms with Crippen LogP contribution in [0.1, 0.15) is 43.5 Å². The molecule has 0 radical (unpaired) electrons. The smallest absolute Gasteiger partial charge is 0.253 e. The fourth-order valence-electron chi connectivity index (χ4n) is 1.85. The van der Waals surface area contributed by atoms with E-state index in [0.717, 1.165) is 19.3 Å². The Morgan fingerprint density at radius 1 is 1.40 bits per heavy atom. The second kappa shape index (κ2) is 7.06. The third-order valence-corrected chi connectivity index (χ3v) is 4.22. The Labute approximate surface area is 124 Å². The van der Waals surface area contributed by atoms with Gasteiger partial charge in [0.15, 0.2) is 0 Å². The molecule has 112 valence electrons. The lowest BCUT2D eigenvalue weighted by molar-refractivity contribution is 0.0933. The van der Waals surface area contributed by atoms with Crippen molar-refractivity contribution in [3.05, 3.63) is 28.8 Å². The van der Waals surface area contributed by atoms with Crippen molar-refractivity contribution in [2.45, 2.75) is 44.0 Å². The van der Waals surface area contributed by atoms with E-state index in [1.807, 2.05) is 13.8 Å². The molecule has 3 N–H and O–H groups in total. The summed E-state index contributed by atoms with van der Waals surface area (Å²) in [5.74, 6) is -0.388. The van der Waals surface area contributed by atoms with Gasteiger partial charge in [-0.1, -0.05) is 31.9 Å². The number of amides is 1. The average Bonchev–Trinajstić information content (AvgIpc) is 2.37. The Morgan fingerprint density at radius 2 is 2.05 bits per heavy atom. The quantitative estimate of drug-likeness (QED) is 0.843. The lowest BCUT2D eigenvalue weighted by atomic mass is 10.1. The molecule has 0 aromatic heterocycles. The predicted molar refractivity (Wildman–Crippen MR) is 79.3 cm³/mol. The molecule has 1 rings (SSSR count). The van der Waals surface area contributed by atoms with Crippen LogP contribution in [-0.2, 0) is 10.0 Å². The van der Waals surface area contributed by atoms with E-state index < -0.39 is 10.0 Å². The minimum atomic E-state index is -3.86. The van der Waals surface area contributed by atoms with Crippen molar-refractivity contribution in [2.75, 3.05) is 0 Å². The first-order valence-corrected chi connectivity index (χ1v) is 8.35. The number of hydrogen-bond acceptors (Lipinski definition) is 3. The van der Waals surface area contributed by atoms with Crippen LogP contribution in [0.2, 0.25) is 5.02 Å². The first kappa shape index (κ1) is 16.9. The highest BCUT2D eigenvalue weighted by Gasteiger charge is 2.17. The lowest BCUT2D eigenvalue weighted by Crippen LogP contribution is -2.34. The first-order valence-electron chi connectivity index (χ1n) is 6.42. The van der Waals surface area contributed by atoms with Crippen molar-refractivity contribution in [1.82, 2.24) is 5.32 Å². The van der Waals surface area contributed by atoms with Crippen LogP contribution in [0.15, 0.2) is 23.1 Å². The van der Waals surface area contributed by atoms with Crippen LogP contribution < -0.4 is 10.5 Å². The number of nitrogens with two attached hydrogens (primary N) is 1. The van der Waals surface area contributed by atoms with Crippen LogP contribution >= 0.6 is 11.6 Å². The Kier molecular flexibility index (Phi) is 5.98. The molecule has 5 nitrogen and oxygen atoms in total. The molecule has 0 fully saturated rings. The van der Waals surface area contributed by atoms with Crippen molar-refractivity contribution in [2.24, 2.45) is 5.14 Å². The van der Waals surface area contributed by atoms with Crippen molar-refractivity contribution in [3.63, 3.8) is 0 Å². The summed E-state index contributed by atoms with van der Waals surface area (Å²) in [6.07, 6.45) is 2.60. The molecular formula is C13H19ClN2O3S. The summed E-state index contributed by atoms with van der Waals surface area (Å²) < 4.78 is 22.6. The Morgan fingerprint density at radius 3 is 2.55 bits per heavy atom. The molecule has 0 aliphatic heterocycles. The normalized spacial score (nSPS) is 13.0. The van der Waals surface area contributed by atoms with Crippen LogP contribution in [-0.4, -0.2) is 20.4 Å². The van der Waals surface area contributed by atoms with E-state index in [0.29, 0.717) is 0 Å². The average molecular weight is 319 g/mol. The van der Waals surface area contributed by atoms with Crippen molar-refractivity contribution < 1.29 is 13.2 Å². The zero-order valence-electron chi connectivity index (χ0n) is 11.5. The van der Waals surface area contributed by atoms with Crippen LogP contribution in [0.4, 0.5) is 0 Å². The third-order valence-electron chi connectivity index (χ3n) is 2.98. The van der Waals surface area contributed by atoms with Gasteiger partial charge in [-0.05, 0) is 31.0 Å². The second-order valence-electron chi connectivity index (χ2n) is 4.55. The van der Waals surface area contributed by atoms with Gasteiger partial charge in [0.1, 0.15) is 0 Å². The Balaban J connectivity index is 3.03. The number of rotatable bonds is 6. The summed E-state index contributed by atoms with van der Waals surface area (Å²) in [4.78, 5) is 12.0. The van der Waals surface area contributed by atoms with Gasteiger partial charge in [0, 0.05) is 6.04 Å². The number of nitrogens with one attached hydrogen (secondary N) is 1. The molecule has 1 aromatic carbocycles. The lowest BCUT2D eigenvalue weighted by Gasteiger charge is -2.16. The molecule has 0 aliphatic carbocycles. The maximum Gasteiger partial charge on any atom is 0.253 e. The van der Waals surface area contributed by atoms with Gasteiger partial charge >= 0.3 is 0 Å². The first-order chi connectivity index (χ1) is 9.29. The number of halogens is 1. The highest BCUT2D eigenvalue weighted by molar-refractivity contribution is 7.89. The molecule has 20 heavy (non-hydrogen) atoms.